The van der Waals surface area contributed by atoms with Crippen molar-refractivity contribution in [3.8, 4) is 0 Å². The number of carbonyl (C=O) groups excluding carboxylic acids is 1. The van der Waals surface area contributed by atoms with Crippen molar-refractivity contribution in [3.05, 3.63) is 33.8 Å². The second-order valence-electron chi connectivity index (χ2n) is 3.49. The second-order valence-corrected chi connectivity index (χ2v) is 4.79. The summed E-state index contributed by atoms with van der Waals surface area (Å²) in [6.45, 7) is 1.37. The van der Waals surface area contributed by atoms with E-state index in [2.05, 4.69) is 15.9 Å². The van der Waals surface area contributed by atoms with Gasteiger partial charge in [-0.3, -0.25) is 4.79 Å². The summed E-state index contributed by atoms with van der Waals surface area (Å²) in [6, 6.07) is 4.47. The fraction of sp³-hybridized carbons (Fsp3) is 0.273. The van der Waals surface area contributed by atoms with Gasteiger partial charge >= 0.3 is 5.97 Å². The fourth-order valence-corrected chi connectivity index (χ4v) is 2.04. The number of aliphatic carboxylic acids is 1. The minimum atomic E-state index is -1.61. The first-order valence-electron chi connectivity index (χ1n) is 4.69. The molecule has 0 amide bonds. The van der Waals surface area contributed by atoms with Gasteiger partial charge in [0.2, 0.25) is 0 Å². The average molecular weight is 322 g/mol. The Morgan fingerprint density at radius 3 is 2.41 bits per heavy atom. The molecule has 6 heteroatoms. The van der Waals surface area contributed by atoms with Crippen LogP contribution in [-0.4, -0.2) is 22.0 Å². The maximum Gasteiger partial charge on any atom is 0.337 e. The lowest BCUT2D eigenvalue weighted by molar-refractivity contribution is -0.147. The predicted molar refractivity (Wildman–Crippen MR) is 66.0 cm³/mol. The number of Topliss-reactive ketones (excluding diaryl/α,β-unsaturated/α-hetero) is 1. The van der Waals surface area contributed by atoms with E-state index in [-0.39, 0.29) is 11.3 Å². The first-order valence-corrected chi connectivity index (χ1v) is 5.92. The van der Waals surface area contributed by atoms with Crippen LogP contribution in [0.5, 0.6) is 0 Å². The molecule has 2 N–H and O–H groups in total. The van der Waals surface area contributed by atoms with Gasteiger partial charge in [0.1, 0.15) is 5.38 Å². The third-order valence-corrected chi connectivity index (χ3v) is 3.45. The van der Waals surface area contributed by atoms with E-state index in [4.69, 9.17) is 16.7 Å². The highest BCUT2D eigenvalue weighted by atomic mass is 79.9. The summed E-state index contributed by atoms with van der Waals surface area (Å²) >= 11 is 9.00. The van der Waals surface area contributed by atoms with Crippen LogP contribution in [-0.2, 0) is 9.59 Å². The highest BCUT2D eigenvalue weighted by Crippen LogP contribution is 2.29. The van der Waals surface area contributed by atoms with Crippen LogP contribution in [0, 0.1) is 0 Å². The highest BCUT2D eigenvalue weighted by Gasteiger charge is 2.21. The SMILES string of the molecule is CC(=O)C(Cl)c1ccc(C(O)C(=O)O)c(Br)c1. The molecule has 0 fully saturated rings. The Hall–Kier alpha value is -0.910. The zero-order valence-corrected chi connectivity index (χ0v) is 11.2. The minimum absolute atomic E-state index is 0.204. The van der Waals surface area contributed by atoms with Crippen LogP contribution in [0.25, 0.3) is 0 Å². The van der Waals surface area contributed by atoms with Gasteiger partial charge < -0.3 is 10.2 Å². The number of hydrogen-bond acceptors (Lipinski definition) is 3. The van der Waals surface area contributed by atoms with Gasteiger partial charge in [-0.1, -0.05) is 28.1 Å². The first kappa shape index (κ1) is 14.2. The van der Waals surface area contributed by atoms with Crippen LogP contribution < -0.4 is 0 Å². The fourth-order valence-electron chi connectivity index (χ4n) is 1.29. The van der Waals surface area contributed by atoms with Gasteiger partial charge in [0, 0.05) is 10.0 Å². The number of aliphatic hydroxyl groups is 1. The third-order valence-electron chi connectivity index (χ3n) is 2.20. The average Bonchev–Trinajstić information content (AvgIpc) is 2.26. The quantitative estimate of drug-likeness (QED) is 0.835. The van der Waals surface area contributed by atoms with Crippen LogP contribution in [0.3, 0.4) is 0 Å². The molecule has 2 atom stereocenters. The summed E-state index contributed by atoms with van der Waals surface area (Å²) in [5.74, 6) is -1.54. The molecular weight excluding hydrogens is 311 g/mol. The van der Waals surface area contributed by atoms with E-state index in [0.717, 1.165) is 0 Å². The van der Waals surface area contributed by atoms with Gasteiger partial charge in [0.25, 0.3) is 0 Å². The molecular formula is C11H10BrClO4. The lowest BCUT2D eigenvalue weighted by atomic mass is 10.0. The molecule has 1 aromatic carbocycles. The maximum atomic E-state index is 11.1. The van der Waals surface area contributed by atoms with Gasteiger partial charge in [0.15, 0.2) is 11.9 Å². The van der Waals surface area contributed by atoms with Gasteiger partial charge in [-0.15, -0.1) is 11.6 Å². The van der Waals surface area contributed by atoms with Crippen LogP contribution in [0.15, 0.2) is 22.7 Å². The van der Waals surface area contributed by atoms with E-state index in [9.17, 15) is 14.7 Å². The molecule has 0 aromatic heterocycles. The lowest BCUT2D eigenvalue weighted by Gasteiger charge is -2.12. The number of aliphatic hydroxyl groups excluding tert-OH is 1. The maximum absolute atomic E-state index is 11.1. The van der Waals surface area contributed by atoms with Crippen LogP contribution in [0.1, 0.15) is 29.5 Å². The van der Waals surface area contributed by atoms with Crippen molar-refractivity contribution in [1.82, 2.24) is 0 Å². The van der Waals surface area contributed by atoms with Gasteiger partial charge in [-0.2, -0.15) is 0 Å². The summed E-state index contributed by atoms with van der Waals surface area (Å²) in [4.78, 5) is 21.7. The van der Waals surface area contributed by atoms with E-state index in [1.54, 1.807) is 0 Å². The molecule has 0 heterocycles. The highest BCUT2D eigenvalue weighted by molar-refractivity contribution is 9.10. The Morgan fingerprint density at radius 1 is 1.41 bits per heavy atom. The number of rotatable bonds is 4. The van der Waals surface area contributed by atoms with Crippen molar-refractivity contribution in [2.24, 2.45) is 0 Å². The van der Waals surface area contributed by atoms with Crippen molar-refractivity contribution in [2.45, 2.75) is 18.4 Å². The molecule has 0 aliphatic heterocycles. The van der Waals surface area contributed by atoms with Gasteiger partial charge in [-0.05, 0) is 18.6 Å². The molecule has 4 nitrogen and oxygen atoms in total. The van der Waals surface area contributed by atoms with Crippen molar-refractivity contribution in [3.63, 3.8) is 0 Å². The molecule has 92 valence electrons. The van der Waals surface area contributed by atoms with Crippen molar-refractivity contribution in [1.29, 1.82) is 0 Å². The molecule has 1 rings (SSSR count). The Kier molecular flexibility index (Phi) is 4.68. The monoisotopic (exact) mass is 320 g/mol. The standard InChI is InChI=1S/C11H10BrClO4/c1-5(14)9(13)6-2-3-7(8(12)4-6)10(15)11(16)17/h2-4,9-10,15H,1H3,(H,16,17). The largest absolute Gasteiger partial charge is 0.479 e. The third kappa shape index (κ3) is 3.28. The smallest absolute Gasteiger partial charge is 0.337 e. The normalized spacial score (nSPS) is 14.1. The molecule has 0 aliphatic rings. The summed E-state index contributed by atoms with van der Waals surface area (Å²) in [7, 11) is 0. The van der Waals surface area contributed by atoms with Crippen molar-refractivity contribution >= 4 is 39.3 Å². The Balaban J connectivity index is 3.10. The molecule has 0 radical (unpaired) electrons. The van der Waals surface area contributed by atoms with Gasteiger partial charge in [0.05, 0.1) is 0 Å². The predicted octanol–water partition coefficient (Wildman–Crippen LogP) is 2.44. The zero-order valence-electron chi connectivity index (χ0n) is 8.85. The number of alkyl halides is 1. The molecule has 2 unspecified atom stereocenters. The first-order chi connectivity index (χ1) is 7.84. The summed E-state index contributed by atoms with van der Waals surface area (Å²) in [5.41, 5.74) is 0.765. The Morgan fingerprint density at radius 2 is 2.00 bits per heavy atom. The molecule has 0 saturated heterocycles. The van der Waals surface area contributed by atoms with Crippen molar-refractivity contribution in [2.75, 3.05) is 0 Å². The van der Waals surface area contributed by atoms with Crippen LogP contribution in [0.2, 0.25) is 0 Å². The number of carboxylic acid groups (broad SMARTS) is 1. The topological polar surface area (TPSA) is 74.6 Å². The molecule has 1 aromatic rings. The number of ketones is 1. The number of hydrogen-bond donors (Lipinski definition) is 2. The molecule has 0 spiro atoms. The molecule has 0 saturated carbocycles. The van der Waals surface area contributed by atoms with Crippen molar-refractivity contribution < 1.29 is 19.8 Å². The van der Waals surface area contributed by atoms with Crippen LogP contribution >= 0.6 is 27.5 Å². The van der Waals surface area contributed by atoms with E-state index in [1.807, 2.05) is 0 Å². The number of halogens is 2. The number of benzene rings is 1. The van der Waals surface area contributed by atoms with Gasteiger partial charge in [-0.25, -0.2) is 4.79 Å². The van der Waals surface area contributed by atoms with Crippen LogP contribution in [0.4, 0.5) is 0 Å². The zero-order chi connectivity index (χ0) is 13.2. The lowest BCUT2D eigenvalue weighted by Crippen LogP contribution is -2.11. The molecule has 0 aliphatic carbocycles. The Bertz CT molecular complexity index is 461. The minimum Gasteiger partial charge on any atom is -0.479 e. The van der Waals surface area contributed by atoms with E-state index in [0.29, 0.717) is 10.0 Å². The second kappa shape index (κ2) is 5.62. The number of carbonyl (C=O) groups is 2. The van der Waals surface area contributed by atoms with E-state index < -0.39 is 17.5 Å². The van der Waals surface area contributed by atoms with E-state index in [1.165, 1.54) is 25.1 Å². The van der Waals surface area contributed by atoms with E-state index >= 15 is 0 Å². The molecule has 0 bridgehead atoms. The summed E-state index contributed by atoms with van der Waals surface area (Å²) < 4.78 is 0.400. The Labute approximate surface area is 111 Å². The number of carboxylic acids is 1. The summed E-state index contributed by atoms with van der Waals surface area (Å²) in [6.07, 6.45) is -1.61. The summed E-state index contributed by atoms with van der Waals surface area (Å²) in [5, 5.41) is 17.3. The molecule has 17 heavy (non-hydrogen) atoms.